The molecule has 0 bridgehead atoms. The van der Waals surface area contributed by atoms with Gasteiger partial charge in [-0.25, -0.2) is 4.79 Å². The van der Waals surface area contributed by atoms with E-state index in [1.54, 1.807) is 0 Å². The predicted molar refractivity (Wildman–Crippen MR) is 51.4 cm³/mol. The SMILES string of the molecule is CCCO[C@H]1CCCC[C@@H]1OC(=O)O. The first kappa shape index (κ1) is 11.3. The van der Waals surface area contributed by atoms with E-state index < -0.39 is 6.16 Å². The number of carboxylic acid groups (broad SMARTS) is 1. The van der Waals surface area contributed by atoms with Crippen LogP contribution in [0.25, 0.3) is 0 Å². The number of ether oxygens (including phenoxy) is 2. The number of carbonyl (C=O) groups is 1. The third kappa shape index (κ3) is 3.54. The standard InChI is InChI=1S/C10H18O4/c1-2-7-13-8-5-3-4-6-9(8)14-10(11)12/h8-9H,2-7H2,1H3,(H,11,12)/t8-,9-/m0/s1. The Morgan fingerprint density at radius 3 is 2.57 bits per heavy atom. The summed E-state index contributed by atoms with van der Waals surface area (Å²) in [5, 5.41) is 8.53. The van der Waals surface area contributed by atoms with E-state index >= 15 is 0 Å². The van der Waals surface area contributed by atoms with E-state index in [0.717, 1.165) is 32.1 Å². The minimum Gasteiger partial charge on any atom is -0.450 e. The summed E-state index contributed by atoms with van der Waals surface area (Å²) < 4.78 is 10.3. The minimum absolute atomic E-state index is 0.0280. The fraction of sp³-hybridized carbons (Fsp3) is 0.900. The molecule has 0 amide bonds. The van der Waals surface area contributed by atoms with Crippen molar-refractivity contribution in [2.45, 2.75) is 51.2 Å². The molecule has 0 heterocycles. The van der Waals surface area contributed by atoms with Gasteiger partial charge in [-0.3, -0.25) is 0 Å². The van der Waals surface area contributed by atoms with Crippen LogP contribution in [0.4, 0.5) is 4.79 Å². The molecule has 0 saturated heterocycles. The lowest BCUT2D eigenvalue weighted by molar-refractivity contribution is -0.0744. The Hall–Kier alpha value is -0.770. The lowest BCUT2D eigenvalue weighted by Gasteiger charge is -2.29. The first-order chi connectivity index (χ1) is 6.74. The van der Waals surface area contributed by atoms with Crippen LogP contribution in [0.2, 0.25) is 0 Å². The summed E-state index contributed by atoms with van der Waals surface area (Å²) in [6, 6.07) is 0. The summed E-state index contributed by atoms with van der Waals surface area (Å²) in [4.78, 5) is 10.4. The highest BCUT2D eigenvalue weighted by Gasteiger charge is 2.28. The van der Waals surface area contributed by atoms with E-state index in [1.807, 2.05) is 6.92 Å². The van der Waals surface area contributed by atoms with Crippen molar-refractivity contribution < 1.29 is 19.4 Å². The molecule has 1 N–H and O–H groups in total. The molecule has 4 heteroatoms. The maximum absolute atomic E-state index is 10.4. The summed E-state index contributed by atoms with van der Waals surface area (Å²) in [5.41, 5.74) is 0. The van der Waals surface area contributed by atoms with Gasteiger partial charge in [0, 0.05) is 6.61 Å². The third-order valence-corrected chi connectivity index (χ3v) is 2.43. The second kappa shape index (κ2) is 5.86. The molecule has 0 aromatic rings. The lowest BCUT2D eigenvalue weighted by atomic mass is 9.94. The monoisotopic (exact) mass is 202 g/mol. The second-order valence-corrected chi connectivity index (χ2v) is 3.62. The van der Waals surface area contributed by atoms with E-state index in [4.69, 9.17) is 14.6 Å². The lowest BCUT2D eigenvalue weighted by Crippen LogP contribution is -2.36. The van der Waals surface area contributed by atoms with Gasteiger partial charge in [0.25, 0.3) is 0 Å². The van der Waals surface area contributed by atoms with E-state index in [2.05, 4.69) is 0 Å². The summed E-state index contributed by atoms with van der Waals surface area (Å²) in [6.07, 6.45) is 3.32. The van der Waals surface area contributed by atoms with Crippen molar-refractivity contribution in [1.29, 1.82) is 0 Å². The van der Waals surface area contributed by atoms with E-state index in [-0.39, 0.29) is 12.2 Å². The van der Waals surface area contributed by atoms with Crippen molar-refractivity contribution in [3.63, 3.8) is 0 Å². The highest BCUT2D eigenvalue weighted by atomic mass is 16.7. The largest absolute Gasteiger partial charge is 0.506 e. The van der Waals surface area contributed by atoms with Gasteiger partial charge in [0.15, 0.2) is 0 Å². The molecule has 1 rings (SSSR count). The topological polar surface area (TPSA) is 55.8 Å². The summed E-state index contributed by atoms with van der Waals surface area (Å²) in [7, 11) is 0. The van der Waals surface area contributed by atoms with Gasteiger partial charge in [-0.1, -0.05) is 13.3 Å². The zero-order valence-corrected chi connectivity index (χ0v) is 8.57. The van der Waals surface area contributed by atoms with Crippen LogP contribution in [0.5, 0.6) is 0 Å². The Morgan fingerprint density at radius 2 is 2.00 bits per heavy atom. The molecule has 14 heavy (non-hydrogen) atoms. The van der Waals surface area contributed by atoms with Crippen LogP contribution in [0.1, 0.15) is 39.0 Å². The van der Waals surface area contributed by atoms with Gasteiger partial charge in [-0.2, -0.15) is 0 Å². The van der Waals surface area contributed by atoms with E-state index in [9.17, 15) is 4.79 Å². The molecule has 0 radical (unpaired) electrons. The molecule has 82 valence electrons. The number of hydrogen-bond acceptors (Lipinski definition) is 3. The molecule has 0 unspecified atom stereocenters. The van der Waals surface area contributed by atoms with Crippen molar-refractivity contribution in [2.75, 3.05) is 6.61 Å². The molecule has 1 aliphatic carbocycles. The van der Waals surface area contributed by atoms with Gasteiger partial charge in [0.05, 0.1) is 6.10 Å². The van der Waals surface area contributed by atoms with Crippen LogP contribution >= 0.6 is 0 Å². The molecular weight excluding hydrogens is 184 g/mol. The normalized spacial score (nSPS) is 27.2. The summed E-state index contributed by atoms with van der Waals surface area (Å²) >= 11 is 0. The van der Waals surface area contributed by atoms with Crippen LogP contribution in [-0.4, -0.2) is 30.1 Å². The Labute approximate surface area is 84.2 Å². The Kier molecular flexibility index (Phi) is 4.73. The second-order valence-electron chi connectivity index (χ2n) is 3.62. The van der Waals surface area contributed by atoms with Crippen molar-refractivity contribution in [1.82, 2.24) is 0 Å². The van der Waals surface area contributed by atoms with Crippen molar-refractivity contribution in [3.8, 4) is 0 Å². The highest BCUT2D eigenvalue weighted by Crippen LogP contribution is 2.24. The van der Waals surface area contributed by atoms with Crippen molar-refractivity contribution in [3.05, 3.63) is 0 Å². The van der Waals surface area contributed by atoms with Gasteiger partial charge < -0.3 is 14.6 Å². The van der Waals surface area contributed by atoms with E-state index in [0.29, 0.717) is 6.61 Å². The average molecular weight is 202 g/mol. The molecule has 0 spiro atoms. The smallest absolute Gasteiger partial charge is 0.450 e. The fourth-order valence-electron chi connectivity index (χ4n) is 1.79. The van der Waals surface area contributed by atoms with Crippen molar-refractivity contribution in [2.24, 2.45) is 0 Å². The Morgan fingerprint density at radius 1 is 1.36 bits per heavy atom. The van der Waals surface area contributed by atoms with Crippen LogP contribution in [-0.2, 0) is 9.47 Å². The molecule has 1 aliphatic rings. The number of rotatable bonds is 4. The molecular formula is C10H18O4. The predicted octanol–water partition coefficient (Wildman–Crippen LogP) is 2.42. The van der Waals surface area contributed by atoms with Crippen molar-refractivity contribution >= 4 is 6.16 Å². The van der Waals surface area contributed by atoms with Crippen LogP contribution in [0, 0.1) is 0 Å². The number of hydrogen-bond donors (Lipinski definition) is 1. The van der Waals surface area contributed by atoms with Gasteiger partial charge in [-0.15, -0.1) is 0 Å². The molecule has 0 aromatic carbocycles. The van der Waals surface area contributed by atoms with Gasteiger partial charge in [0.1, 0.15) is 6.10 Å². The molecule has 2 atom stereocenters. The van der Waals surface area contributed by atoms with Gasteiger partial charge in [0.2, 0.25) is 0 Å². The molecule has 0 aromatic heterocycles. The average Bonchev–Trinajstić information content (AvgIpc) is 2.16. The molecule has 0 aliphatic heterocycles. The molecule has 4 nitrogen and oxygen atoms in total. The zero-order chi connectivity index (χ0) is 10.4. The maximum atomic E-state index is 10.4. The fourth-order valence-corrected chi connectivity index (χ4v) is 1.79. The quantitative estimate of drug-likeness (QED) is 0.711. The van der Waals surface area contributed by atoms with Crippen LogP contribution < -0.4 is 0 Å². The summed E-state index contributed by atoms with van der Waals surface area (Å²) in [5.74, 6) is 0. The minimum atomic E-state index is -1.19. The van der Waals surface area contributed by atoms with Gasteiger partial charge in [-0.05, 0) is 25.7 Å². The molecule has 1 saturated carbocycles. The molecule has 1 fully saturated rings. The highest BCUT2D eigenvalue weighted by molar-refractivity contribution is 5.57. The summed E-state index contributed by atoms with van der Waals surface area (Å²) in [6.45, 7) is 2.72. The Balaban J connectivity index is 2.37. The maximum Gasteiger partial charge on any atom is 0.506 e. The van der Waals surface area contributed by atoms with Crippen LogP contribution in [0.3, 0.4) is 0 Å². The van der Waals surface area contributed by atoms with Crippen LogP contribution in [0.15, 0.2) is 0 Å². The first-order valence-corrected chi connectivity index (χ1v) is 5.25. The van der Waals surface area contributed by atoms with Gasteiger partial charge >= 0.3 is 6.16 Å². The first-order valence-electron chi connectivity index (χ1n) is 5.25. The Bertz CT molecular complexity index is 181. The zero-order valence-electron chi connectivity index (χ0n) is 8.57. The third-order valence-electron chi connectivity index (χ3n) is 2.43. The van der Waals surface area contributed by atoms with E-state index in [1.165, 1.54) is 0 Å².